The molecule has 27 heavy (non-hydrogen) atoms. The van der Waals surface area contributed by atoms with Crippen molar-refractivity contribution >= 4 is 24.8 Å². The van der Waals surface area contributed by atoms with Crippen LogP contribution < -0.4 is 15.9 Å². The van der Waals surface area contributed by atoms with E-state index in [9.17, 15) is 4.79 Å². The Hall–Kier alpha value is -3.22. The first kappa shape index (κ1) is 17.2. The molecule has 0 saturated heterocycles. The fourth-order valence-corrected chi connectivity index (χ4v) is 3.20. The molecule has 0 unspecified atom stereocenters. The summed E-state index contributed by atoms with van der Waals surface area (Å²) in [4.78, 5) is 27.5. The van der Waals surface area contributed by atoms with Gasteiger partial charge in [0.05, 0.1) is 11.4 Å². The van der Waals surface area contributed by atoms with Crippen molar-refractivity contribution < 1.29 is 0 Å². The van der Waals surface area contributed by atoms with Gasteiger partial charge in [0.1, 0.15) is 14.2 Å². The fraction of sp³-hybridized carbons (Fsp3) is 0.200. The van der Waals surface area contributed by atoms with Crippen LogP contribution in [0.15, 0.2) is 59.8 Å². The fourth-order valence-electron chi connectivity index (χ4n) is 3.20. The monoisotopic (exact) mass is 355 g/mol. The van der Waals surface area contributed by atoms with Crippen molar-refractivity contribution in [3.05, 3.63) is 70.9 Å². The first-order valence-corrected chi connectivity index (χ1v) is 8.76. The van der Waals surface area contributed by atoms with Crippen molar-refractivity contribution in [1.82, 2.24) is 19.5 Å². The molecule has 2 aromatic heterocycles. The van der Waals surface area contributed by atoms with Gasteiger partial charge in [-0.15, -0.1) is 0 Å². The minimum atomic E-state index is -0.114. The molecule has 0 fully saturated rings. The maximum Gasteiger partial charge on any atom is 0.255 e. The Bertz CT molecular complexity index is 1040. The lowest BCUT2D eigenvalue weighted by molar-refractivity contribution is 0.726. The maximum atomic E-state index is 12.5. The van der Waals surface area contributed by atoms with Gasteiger partial charge in [0.25, 0.3) is 5.56 Å². The van der Waals surface area contributed by atoms with Gasteiger partial charge in [0, 0.05) is 32.4 Å². The van der Waals surface area contributed by atoms with Gasteiger partial charge in [-0.1, -0.05) is 35.8 Å². The molecule has 6 nitrogen and oxygen atoms in total. The predicted octanol–water partition coefficient (Wildman–Crippen LogP) is 1.32. The van der Waals surface area contributed by atoms with Crippen molar-refractivity contribution in [2.45, 2.75) is 6.42 Å². The van der Waals surface area contributed by atoms with Crippen molar-refractivity contribution in [2.75, 3.05) is 18.0 Å². The normalized spacial score (nSPS) is 14.1. The molecule has 0 saturated carbocycles. The second-order valence-electron chi connectivity index (χ2n) is 6.49. The van der Waals surface area contributed by atoms with E-state index in [1.165, 1.54) is 18.0 Å². The molecule has 0 N–H and O–H groups in total. The van der Waals surface area contributed by atoms with E-state index in [2.05, 4.69) is 20.9 Å². The SMILES string of the molecule is [B]c1ccc(C2=CCCN(c3nc(-c4ccncn4)cc(=O)n3C)C2)cc1. The number of hydrogen-bond acceptors (Lipinski definition) is 5. The molecule has 1 aliphatic heterocycles. The highest BCUT2D eigenvalue weighted by molar-refractivity contribution is 6.32. The Labute approximate surface area is 158 Å². The Kier molecular flexibility index (Phi) is 4.58. The van der Waals surface area contributed by atoms with Crippen LogP contribution in [0.3, 0.4) is 0 Å². The minimum absolute atomic E-state index is 0.114. The summed E-state index contributed by atoms with van der Waals surface area (Å²) in [5.41, 5.74) is 4.15. The lowest BCUT2D eigenvalue weighted by atomic mass is 9.93. The quantitative estimate of drug-likeness (QED) is 0.664. The smallest absolute Gasteiger partial charge is 0.255 e. The zero-order valence-corrected chi connectivity index (χ0v) is 15.0. The molecule has 4 rings (SSSR count). The van der Waals surface area contributed by atoms with E-state index in [0.29, 0.717) is 23.9 Å². The van der Waals surface area contributed by atoms with Crippen molar-refractivity contribution in [3.63, 3.8) is 0 Å². The van der Waals surface area contributed by atoms with Crippen LogP contribution in [0, 0.1) is 0 Å². The number of anilines is 1. The summed E-state index contributed by atoms with van der Waals surface area (Å²) < 4.78 is 1.58. The second-order valence-corrected chi connectivity index (χ2v) is 6.49. The van der Waals surface area contributed by atoms with Crippen LogP contribution in [0.25, 0.3) is 17.0 Å². The van der Waals surface area contributed by atoms with E-state index in [0.717, 1.165) is 24.0 Å². The Morgan fingerprint density at radius 2 is 1.93 bits per heavy atom. The molecule has 0 atom stereocenters. The highest BCUT2D eigenvalue weighted by atomic mass is 16.1. The van der Waals surface area contributed by atoms with Crippen LogP contribution in [-0.4, -0.2) is 40.5 Å². The average Bonchev–Trinajstić information content (AvgIpc) is 2.71. The molecule has 3 heterocycles. The summed E-state index contributed by atoms with van der Waals surface area (Å²) >= 11 is 0. The van der Waals surface area contributed by atoms with Gasteiger partial charge in [-0.2, -0.15) is 0 Å². The van der Waals surface area contributed by atoms with E-state index in [-0.39, 0.29) is 5.56 Å². The van der Waals surface area contributed by atoms with Gasteiger partial charge in [-0.05, 0) is 23.6 Å². The van der Waals surface area contributed by atoms with E-state index in [1.807, 2.05) is 24.3 Å². The Morgan fingerprint density at radius 1 is 1.11 bits per heavy atom. The molecule has 7 heteroatoms. The van der Waals surface area contributed by atoms with Crippen LogP contribution >= 0.6 is 0 Å². The average molecular weight is 355 g/mol. The minimum Gasteiger partial charge on any atom is -0.338 e. The van der Waals surface area contributed by atoms with Crippen LogP contribution in [0.4, 0.5) is 5.95 Å². The summed E-state index contributed by atoms with van der Waals surface area (Å²) in [5, 5.41) is 0. The highest BCUT2D eigenvalue weighted by Gasteiger charge is 2.19. The van der Waals surface area contributed by atoms with Crippen molar-refractivity contribution in [1.29, 1.82) is 0 Å². The van der Waals surface area contributed by atoms with Gasteiger partial charge in [-0.25, -0.2) is 15.0 Å². The standard InChI is InChI=1S/C20H18BN5O/c1-25-19(27)11-18(17-8-9-22-13-23-17)24-20(25)26-10-2-3-15(12-26)14-4-6-16(21)7-5-14/h3-9,11,13H,2,10,12H2,1H3. The van der Waals surface area contributed by atoms with Crippen LogP contribution in [0.2, 0.25) is 0 Å². The summed E-state index contributed by atoms with van der Waals surface area (Å²) in [6.45, 7) is 1.48. The van der Waals surface area contributed by atoms with Gasteiger partial charge in [0.2, 0.25) is 5.95 Å². The number of hydrogen-bond donors (Lipinski definition) is 0. The molecule has 1 aliphatic rings. The van der Waals surface area contributed by atoms with Crippen LogP contribution in [0.1, 0.15) is 12.0 Å². The van der Waals surface area contributed by atoms with E-state index < -0.39 is 0 Å². The molecule has 0 bridgehead atoms. The zero-order chi connectivity index (χ0) is 18.8. The van der Waals surface area contributed by atoms with E-state index >= 15 is 0 Å². The van der Waals surface area contributed by atoms with Crippen LogP contribution in [-0.2, 0) is 7.05 Å². The predicted molar refractivity (Wildman–Crippen MR) is 107 cm³/mol. The number of aromatic nitrogens is 4. The summed E-state index contributed by atoms with van der Waals surface area (Å²) in [6.07, 6.45) is 6.21. The Morgan fingerprint density at radius 3 is 2.67 bits per heavy atom. The van der Waals surface area contributed by atoms with Crippen molar-refractivity contribution in [3.8, 4) is 11.4 Å². The van der Waals surface area contributed by atoms with Gasteiger partial charge < -0.3 is 4.90 Å². The molecule has 132 valence electrons. The number of benzene rings is 1. The van der Waals surface area contributed by atoms with Gasteiger partial charge in [0.15, 0.2) is 0 Å². The first-order chi connectivity index (χ1) is 13.1. The number of nitrogens with zero attached hydrogens (tertiary/aromatic N) is 5. The molecule has 1 aromatic carbocycles. The number of rotatable bonds is 3. The van der Waals surface area contributed by atoms with Gasteiger partial charge in [-0.3, -0.25) is 9.36 Å². The molecular formula is C20H18BN5O. The highest BCUT2D eigenvalue weighted by Crippen LogP contribution is 2.24. The first-order valence-electron chi connectivity index (χ1n) is 8.76. The summed E-state index contributed by atoms with van der Waals surface area (Å²) in [7, 11) is 7.54. The lowest BCUT2D eigenvalue weighted by Gasteiger charge is -2.30. The summed E-state index contributed by atoms with van der Waals surface area (Å²) in [5.74, 6) is 0.636. The third kappa shape index (κ3) is 3.53. The Balaban J connectivity index is 1.69. The molecule has 0 amide bonds. The van der Waals surface area contributed by atoms with E-state index in [4.69, 9.17) is 12.8 Å². The topological polar surface area (TPSA) is 63.9 Å². The zero-order valence-electron chi connectivity index (χ0n) is 15.0. The molecule has 0 spiro atoms. The third-order valence-electron chi connectivity index (χ3n) is 4.67. The molecular weight excluding hydrogens is 337 g/mol. The van der Waals surface area contributed by atoms with Crippen LogP contribution in [0.5, 0.6) is 0 Å². The lowest BCUT2D eigenvalue weighted by Crippen LogP contribution is -2.35. The maximum absolute atomic E-state index is 12.5. The van der Waals surface area contributed by atoms with Crippen molar-refractivity contribution in [2.24, 2.45) is 7.05 Å². The molecule has 0 aliphatic carbocycles. The third-order valence-corrected chi connectivity index (χ3v) is 4.67. The second kappa shape index (κ2) is 7.19. The molecule has 2 radical (unpaired) electrons. The van der Waals surface area contributed by atoms with E-state index in [1.54, 1.807) is 23.9 Å². The molecule has 3 aromatic rings. The summed E-state index contributed by atoms with van der Waals surface area (Å²) in [6, 6.07) is 11.1. The largest absolute Gasteiger partial charge is 0.338 e. The van der Waals surface area contributed by atoms with Gasteiger partial charge >= 0.3 is 0 Å².